The third kappa shape index (κ3) is 1.58. The molecule has 1 fully saturated rings. The molecule has 2 heterocycles. The van der Waals surface area contributed by atoms with E-state index in [1.54, 1.807) is 0 Å². The molecule has 0 amide bonds. The lowest BCUT2D eigenvalue weighted by Gasteiger charge is -2.26. The predicted octanol–water partition coefficient (Wildman–Crippen LogP) is 0.378. The molecule has 1 saturated heterocycles. The summed E-state index contributed by atoms with van der Waals surface area (Å²) in [5, 5.41) is 3.16. The van der Waals surface area contributed by atoms with Gasteiger partial charge in [0, 0.05) is 6.42 Å². The summed E-state index contributed by atoms with van der Waals surface area (Å²) in [5.74, 6) is 1.00. The molecule has 64 valence electrons. The Morgan fingerprint density at radius 2 is 2.08 bits per heavy atom. The van der Waals surface area contributed by atoms with Crippen LogP contribution in [0.2, 0.25) is 0 Å². The fraction of sp³-hybridized carbons (Fsp3) is 0.500. The summed E-state index contributed by atoms with van der Waals surface area (Å²) in [6.45, 7) is 2.06. The van der Waals surface area contributed by atoms with Gasteiger partial charge in [-0.15, -0.1) is 0 Å². The molecule has 0 unspecified atom stereocenters. The predicted molar refractivity (Wildman–Crippen MR) is 42.1 cm³/mol. The summed E-state index contributed by atoms with van der Waals surface area (Å²) in [4.78, 5) is 7.77. The smallest absolute Gasteiger partial charge is 0.159 e. The highest BCUT2D eigenvalue weighted by molar-refractivity contribution is 4.94. The van der Waals surface area contributed by atoms with Crippen molar-refractivity contribution in [2.45, 2.75) is 6.42 Å². The van der Waals surface area contributed by atoms with Gasteiger partial charge in [0.05, 0.1) is 12.4 Å². The van der Waals surface area contributed by atoms with E-state index in [0.29, 0.717) is 5.92 Å². The Labute approximate surface area is 70.0 Å². The van der Waals surface area contributed by atoms with Gasteiger partial charge in [0.15, 0.2) is 5.82 Å². The topological polar surface area (TPSA) is 37.8 Å². The third-order valence-electron chi connectivity index (χ3n) is 2.01. The maximum Gasteiger partial charge on any atom is 0.159 e. The van der Waals surface area contributed by atoms with E-state index in [2.05, 4.69) is 15.3 Å². The minimum absolute atomic E-state index is 0.370. The highest BCUT2D eigenvalue weighted by atomic mass is 19.1. The van der Waals surface area contributed by atoms with E-state index < -0.39 is 0 Å². The van der Waals surface area contributed by atoms with Crippen LogP contribution in [-0.2, 0) is 6.42 Å². The molecule has 1 aliphatic heterocycles. The van der Waals surface area contributed by atoms with Gasteiger partial charge in [0.2, 0.25) is 0 Å². The summed E-state index contributed by atoms with van der Waals surface area (Å²) in [5.41, 5.74) is 0. The fourth-order valence-electron chi connectivity index (χ4n) is 1.20. The van der Waals surface area contributed by atoms with Crippen LogP contribution in [0.3, 0.4) is 0 Å². The summed E-state index contributed by atoms with van der Waals surface area (Å²) in [7, 11) is 0. The molecular formula is C8H10FN3. The quantitative estimate of drug-likeness (QED) is 0.691. The molecule has 1 aromatic rings. The van der Waals surface area contributed by atoms with Crippen LogP contribution in [0.15, 0.2) is 12.4 Å². The van der Waals surface area contributed by atoms with Crippen molar-refractivity contribution in [3.8, 4) is 0 Å². The van der Waals surface area contributed by atoms with Crippen molar-refractivity contribution in [3.63, 3.8) is 0 Å². The highest BCUT2D eigenvalue weighted by Crippen LogP contribution is 2.08. The van der Waals surface area contributed by atoms with E-state index in [-0.39, 0.29) is 5.82 Å². The second-order valence-corrected chi connectivity index (χ2v) is 3.05. The van der Waals surface area contributed by atoms with Gasteiger partial charge in [0.25, 0.3) is 0 Å². The van der Waals surface area contributed by atoms with Crippen molar-refractivity contribution in [1.82, 2.24) is 15.3 Å². The Morgan fingerprint density at radius 1 is 1.42 bits per heavy atom. The van der Waals surface area contributed by atoms with Gasteiger partial charge in [0.1, 0.15) is 5.82 Å². The zero-order valence-corrected chi connectivity index (χ0v) is 6.63. The SMILES string of the molecule is Fc1cnc(CC2CNC2)nc1. The van der Waals surface area contributed by atoms with Crippen LogP contribution >= 0.6 is 0 Å². The summed E-state index contributed by atoms with van der Waals surface area (Å²) < 4.78 is 12.4. The van der Waals surface area contributed by atoms with Gasteiger partial charge in [-0.2, -0.15) is 0 Å². The molecule has 0 atom stereocenters. The number of nitrogens with one attached hydrogen (secondary N) is 1. The van der Waals surface area contributed by atoms with Crippen molar-refractivity contribution in [3.05, 3.63) is 24.0 Å². The van der Waals surface area contributed by atoms with Crippen molar-refractivity contribution >= 4 is 0 Å². The van der Waals surface area contributed by atoms with Crippen molar-refractivity contribution in [1.29, 1.82) is 0 Å². The van der Waals surface area contributed by atoms with Crippen LogP contribution in [0.25, 0.3) is 0 Å². The van der Waals surface area contributed by atoms with Crippen LogP contribution in [0, 0.1) is 11.7 Å². The molecule has 1 aliphatic rings. The zero-order chi connectivity index (χ0) is 8.39. The van der Waals surface area contributed by atoms with Crippen LogP contribution in [0.1, 0.15) is 5.82 Å². The number of aromatic nitrogens is 2. The Bertz CT molecular complexity index is 256. The minimum atomic E-state index is -0.370. The zero-order valence-electron chi connectivity index (χ0n) is 6.63. The first-order chi connectivity index (χ1) is 5.84. The molecule has 0 spiro atoms. The molecule has 0 bridgehead atoms. The van der Waals surface area contributed by atoms with Crippen LogP contribution in [0.4, 0.5) is 4.39 Å². The summed E-state index contributed by atoms with van der Waals surface area (Å²) in [6.07, 6.45) is 3.29. The minimum Gasteiger partial charge on any atom is -0.316 e. The van der Waals surface area contributed by atoms with Crippen LogP contribution in [0.5, 0.6) is 0 Å². The number of hydrogen-bond donors (Lipinski definition) is 1. The first-order valence-corrected chi connectivity index (χ1v) is 4.02. The van der Waals surface area contributed by atoms with Gasteiger partial charge >= 0.3 is 0 Å². The normalized spacial score (nSPS) is 17.4. The fourth-order valence-corrected chi connectivity index (χ4v) is 1.20. The van der Waals surface area contributed by atoms with E-state index in [9.17, 15) is 4.39 Å². The highest BCUT2D eigenvalue weighted by Gasteiger charge is 2.17. The molecule has 2 rings (SSSR count). The monoisotopic (exact) mass is 167 g/mol. The number of halogens is 1. The number of hydrogen-bond acceptors (Lipinski definition) is 3. The van der Waals surface area contributed by atoms with E-state index in [1.165, 1.54) is 12.4 Å². The van der Waals surface area contributed by atoms with Crippen molar-refractivity contribution in [2.24, 2.45) is 5.92 Å². The Morgan fingerprint density at radius 3 is 2.58 bits per heavy atom. The molecule has 1 aromatic heterocycles. The lowest BCUT2D eigenvalue weighted by Crippen LogP contribution is -2.43. The lowest BCUT2D eigenvalue weighted by molar-refractivity contribution is 0.340. The third-order valence-corrected chi connectivity index (χ3v) is 2.01. The standard InChI is InChI=1S/C8H10FN3/c9-7-4-11-8(12-5-7)1-6-2-10-3-6/h4-6,10H,1-3H2. The molecule has 4 heteroatoms. The maximum atomic E-state index is 12.4. The van der Waals surface area contributed by atoms with E-state index in [1.807, 2.05) is 0 Å². The summed E-state index contributed by atoms with van der Waals surface area (Å²) >= 11 is 0. The van der Waals surface area contributed by atoms with Crippen LogP contribution < -0.4 is 5.32 Å². The van der Waals surface area contributed by atoms with E-state index in [0.717, 1.165) is 25.3 Å². The van der Waals surface area contributed by atoms with Gasteiger partial charge in [-0.25, -0.2) is 14.4 Å². The molecule has 12 heavy (non-hydrogen) atoms. The molecule has 0 aromatic carbocycles. The Kier molecular flexibility index (Phi) is 1.99. The molecular weight excluding hydrogens is 157 g/mol. The number of rotatable bonds is 2. The van der Waals surface area contributed by atoms with Crippen LogP contribution in [-0.4, -0.2) is 23.1 Å². The average Bonchev–Trinajstić information content (AvgIpc) is 2.00. The van der Waals surface area contributed by atoms with E-state index in [4.69, 9.17) is 0 Å². The lowest BCUT2D eigenvalue weighted by atomic mass is 9.99. The molecule has 3 nitrogen and oxygen atoms in total. The molecule has 1 N–H and O–H groups in total. The van der Waals surface area contributed by atoms with Gasteiger partial charge in [-0.05, 0) is 19.0 Å². The molecule has 0 saturated carbocycles. The van der Waals surface area contributed by atoms with E-state index >= 15 is 0 Å². The van der Waals surface area contributed by atoms with Crippen molar-refractivity contribution in [2.75, 3.05) is 13.1 Å². The average molecular weight is 167 g/mol. The first-order valence-electron chi connectivity index (χ1n) is 4.02. The second kappa shape index (κ2) is 3.15. The Balaban J connectivity index is 1.98. The van der Waals surface area contributed by atoms with Crippen molar-refractivity contribution < 1.29 is 4.39 Å². The summed E-state index contributed by atoms with van der Waals surface area (Å²) in [6, 6.07) is 0. The maximum absolute atomic E-state index is 12.4. The van der Waals surface area contributed by atoms with Gasteiger partial charge in [-0.1, -0.05) is 0 Å². The second-order valence-electron chi connectivity index (χ2n) is 3.05. The molecule has 0 radical (unpaired) electrons. The largest absolute Gasteiger partial charge is 0.316 e. The first kappa shape index (κ1) is 7.61. The van der Waals surface area contributed by atoms with Gasteiger partial charge in [-0.3, -0.25) is 0 Å². The van der Waals surface area contributed by atoms with Gasteiger partial charge < -0.3 is 5.32 Å². The Hall–Kier alpha value is -1.03. The molecule has 0 aliphatic carbocycles. The number of nitrogens with zero attached hydrogens (tertiary/aromatic N) is 2.